The Bertz CT molecular complexity index is 239. The summed E-state index contributed by atoms with van der Waals surface area (Å²) in [6.45, 7) is 4.82. The quantitative estimate of drug-likeness (QED) is 0.653. The Morgan fingerprint density at radius 3 is 2.72 bits per heavy atom. The summed E-state index contributed by atoms with van der Waals surface area (Å²) >= 11 is 0. The van der Waals surface area contributed by atoms with Crippen molar-refractivity contribution in [1.29, 1.82) is 0 Å². The molecule has 1 amide bonds. The summed E-state index contributed by atoms with van der Waals surface area (Å²) in [6, 6.07) is 0. The van der Waals surface area contributed by atoms with Gasteiger partial charge in [-0.05, 0) is 32.1 Å². The van der Waals surface area contributed by atoms with Crippen LogP contribution in [0.3, 0.4) is 0 Å². The van der Waals surface area contributed by atoms with Crippen molar-refractivity contribution in [3.8, 4) is 0 Å². The second kappa shape index (κ2) is 8.48. The van der Waals surface area contributed by atoms with Crippen molar-refractivity contribution in [2.75, 3.05) is 13.2 Å². The van der Waals surface area contributed by atoms with Crippen LogP contribution in [0.4, 0.5) is 0 Å². The molecule has 1 aliphatic carbocycles. The van der Waals surface area contributed by atoms with Crippen LogP contribution in [0.25, 0.3) is 0 Å². The average molecular weight is 257 g/mol. The number of ether oxygens (including phenoxy) is 1. The highest BCUT2D eigenvalue weighted by Crippen LogP contribution is 2.27. The molecule has 0 bridgehead atoms. The maximum Gasteiger partial charge on any atom is 0.248 e. The van der Waals surface area contributed by atoms with Gasteiger partial charge in [-0.15, -0.1) is 0 Å². The molecule has 1 rings (SSSR count). The van der Waals surface area contributed by atoms with E-state index in [1.807, 2.05) is 0 Å². The van der Waals surface area contributed by atoms with E-state index in [0.29, 0.717) is 19.1 Å². The van der Waals surface area contributed by atoms with E-state index in [9.17, 15) is 9.90 Å². The summed E-state index contributed by atoms with van der Waals surface area (Å²) in [4.78, 5) is 11.7. The van der Waals surface area contributed by atoms with E-state index in [2.05, 4.69) is 12.2 Å². The Balaban J connectivity index is 2.14. The molecule has 1 saturated carbocycles. The molecule has 4 nitrogen and oxygen atoms in total. The molecule has 106 valence electrons. The molecule has 18 heavy (non-hydrogen) atoms. The van der Waals surface area contributed by atoms with Gasteiger partial charge in [0.1, 0.15) is 6.10 Å². The Kier molecular flexibility index (Phi) is 7.28. The summed E-state index contributed by atoms with van der Waals surface area (Å²) in [7, 11) is 0. The third-order valence-corrected chi connectivity index (χ3v) is 3.66. The lowest BCUT2D eigenvalue weighted by molar-refractivity contribution is -0.132. The van der Waals surface area contributed by atoms with Gasteiger partial charge >= 0.3 is 0 Å². The first-order valence-corrected chi connectivity index (χ1v) is 7.22. The molecular formula is C14H27NO3. The zero-order valence-corrected chi connectivity index (χ0v) is 11.7. The first kappa shape index (κ1) is 15.4. The monoisotopic (exact) mass is 257 g/mol. The van der Waals surface area contributed by atoms with Crippen LogP contribution in [-0.2, 0) is 9.53 Å². The smallest absolute Gasteiger partial charge is 0.248 e. The SMILES string of the molecule is CCCCOC(C)C(=O)NCC(O)C1CCCC1. The Morgan fingerprint density at radius 1 is 1.44 bits per heavy atom. The summed E-state index contributed by atoms with van der Waals surface area (Å²) in [5.41, 5.74) is 0. The first-order valence-electron chi connectivity index (χ1n) is 7.22. The van der Waals surface area contributed by atoms with E-state index in [-0.39, 0.29) is 5.91 Å². The van der Waals surface area contributed by atoms with E-state index >= 15 is 0 Å². The zero-order chi connectivity index (χ0) is 13.4. The van der Waals surface area contributed by atoms with E-state index in [0.717, 1.165) is 25.7 Å². The minimum atomic E-state index is -0.424. The molecule has 2 atom stereocenters. The van der Waals surface area contributed by atoms with Gasteiger partial charge in [0.2, 0.25) is 5.91 Å². The van der Waals surface area contributed by atoms with E-state index < -0.39 is 12.2 Å². The van der Waals surface area contributed by atoms with Crippen molar-refractivity contribution in [2.24, 2.45) is 5.92 Å². The van der Waals surface area contributed by atoms with Crippen molar-refractivity contribution in [3.05, 3.63) is 0 Å². The van der Waals surface area contributed by atoms with Crippen LogP contribution in [0.15, 0.2) is 0 Å². The van der Waals surface area contributed by atoms with Gasteiger partial charge in [-0.3, -0.25) is 4.79 Å². The fourth-order valence-electron chi connectivity index (χ4n) is 2.34. The molecule has 0 aliphatic heterocycles. The van der Waals surface area contributed by atoms with Crippen LogP contribution < -0.4 is 5.32 Å². The predicted molar refractivity (Wildman–Crippen MR) is 71.3 cm³/mol. The summed E-state index contributed by atoms with van der Waals surface area (Å²) in [5, 5.41) is 12.7. The number of carbonyl (C=O) groups is 1. The van der Waals surface area contributed by atoms with Gasteiger partial charge in [0.15, 0.2) is 0 Å². The summed E-state index contributed by atoms with van der Waals surface area (Å²) in [5.74, 6) is 0.241. The molecule has 0 radical (unpaired) electrons. The van der Waals surface area contributed by atoms with Crippen molar-refractivity contribution in [1.82, 2.24) is 5.32 Å². The fraction of sp³-hybridized carbons (Fsp3) is 0.929. The minimum Gasteiger partial charge on any atom is -0.391 e. The zero-order valence-electron chi connectivity index (χ0n) is 11.7. The Hall–Kier alpha value is -0.610. The topological polar surface area (TPSA) is 58.6 Å². The number of rotatable bonds is 8. The third kappa shape index (κ3) is 5.36. The van der Waals surface area contributed by atoms with Gasteiger partial charge in [-0.25, -0.2) is 0 Å². The number of aliphatic hydroxyl groups excluding tert-OH is 1. The van der Waals surface area contributed by atoms with Crippen LogP contribution in [0.5, 0.6) is 0 Å². The van der Waals surface area contributed by atoms with Gasteiger partial charge in [0.05, 0.1) is 6.10 Å². The van der Waals surface area contributed by atoms with E-state index in [1.54, 1.807) is 6.92 Å². The average Bonchev–Trinajstić information content (AvgIpc) is 2.89. The van der Waals surface area contributed by atoms with Gasteiger partial charge in [0.25, 0.3) is 0 Å². The molecule has 1 aliphatic rings. The van der Waals surface area contributed by atoms with Crippen molar-refractivity contribution in [3.63, 3.8) is 0 Å². The lowest BCUT2D eigenvalue weighted by atomic mass is 10.0. The molecule has 0 aromatic carbocycles. The standard InChI is InChI=1S/C14H27NO3/c1-3-4-9-18-11(2)14(17)15-10-13(16)12-7-5-6-8-12/h11-13,16H,3-10H2,1-2H3,(H,15,17). The highest BCUT2D eigenvalue weighted by Gasteiger charge is 2.24. The molecule has 4 heteroatoms. The number of unbranched alkanes of at least 4 members (excludes halogenated alkanes) is 1. The van der Waals surface area contributed by atoms with Crippen molar-refractivity contribution < 1.29 is 14.6 Å². The molecule has 0 aromatic rings. The van der Waals surface area contributed by atoms with Crippen LogP contribution >= 0.6 is 0 Å². The van der Waals surface area contributed by atoms with Gasteiger partial charge in [-0.2, -0.15) is 0 Å². The number of carbonyl (C=O) groups excluding carboxylic acids is 1. The molecule has 1 fully saturated rings. The predicted octanol–water partition coefficient (Wildman–Crippen LogP) is 1.86. The molecule has 0 spiro atoms. The number of aliphatic hydroxyl groups is 1. The number of hydrogen-bond acceptors (Lipinski definition) is 3. The van der Waals surface area contributed by atoms with Crippen LogP contribution in [-0.4, -0.2) is 36.4 Å². The molecule has 2 unspecified atom stereocenters. The van der Waals surface area contributed by atoms with Crippen LogP contribution in [0.2, 0.25) is 0 Å². The van der Waals surface area contributed by atoms with E-state index in [1.165, 1.54) is 12.8 Å². The lowest BCUT2D eigenvalue weighted by Gasteiger charge is -2.19. The second-order valence-electron chi connectivity index (χ2n) is 5.22. The maximum atomic E-state index is 11.7. The molecule has 0 aromatic heterocycles. The summed E-state index contributed by atoms with van der Waals surface area (Å²) in [6.07, 6.45) is 5.78. The highest BCUT2D eigenvalue weighted by atomic mass is 16.5. The first-order chi connectivity index (χ1) is 8.65. The van der Waals surface area contributed by atoms with Crippen LogP contribution in [0, 0.1) is 5.92 Å². The highest BCUT2D eigenvalue weighted by molar-refractivity contribution is 5.80. The van der Waals surface area contributed by atoms with Gasteiger partial charge in [-0.1, -0.05) is 26.2 Å². The summed E-state index contributed by atoms with van der Waals surface area (Å²) < 4.78 is 5.41. The Morgan fingerprint density at radius 2 is 2.11 bits per heavy atom. The Labute approximate surface area is 110 Å². The number of amides is 1. The largest absolute Gasteiger partial charge is 0.391 e. The van der Waals surface area contributed by atoms with Gasteiger partial charge < -0.3 is 15.2 Å². The normalized spacial score (nSPS) is 19.7. The molecule has 0 heterocycles. The fourth-order valence-corrected chi connectivity index (χ4v) is 2.34. The molecule has 2 N–H and O–H groups in total. The third-order valence-electron chi connectivity index (χ3n) is 3.66. The van der Waals surface area contributed by atoms with E-state index in [4.69, 9.17) is 4.74 Å². The second-order valence-corrected chi connectivity index (χ2v) is 5.22. The minimum absolute atomic E-state index is 0.122. The number of hydrogen-bond donors (Lipinski definition) is 2. The van der Waals surface area contributed by atoms with Crippen LogP contribution in [0.1, 0.15) is 52.4 Å². The maximum absolute atomic E-state index is 11.7. The lowest BCUT2D eigenvalue weighted by Crippen LogP contribution is -2.41. The van der Waals surface area contributed by atoms with Crippen molar-refractivity contribution >= 4 is 5.91 Å². The molecule has 0 saturated heterocycles. The van der Waals surface area contributed by atoms with Crippen molar-refractivity contribution in [2.45, 2.75) is 64.6 Å². The number of nitrogens with one attached hydrogen (secondary N) is 1. The van der Waals surface area contributed by atoms with Gasteiger partial charge in [0, 0.05) is 13.2 Å². The molecular weight excluding hydrogens is 230 g/mol.